The lowest BCUT2D eigenvalue weighted by atomic mass is 10.3. The molecule has 110 valence electrons. The molecule has 2 aromatic carbocycles. The second-order valence-electron chi connectivity index (χ2n) is 4.15. The normalized spacial score (nSPS) is 10.3. The van der Waals surface area contributed by atoms with Crippen LogP contribution in [-0.2, 0) is 4.79 Å². The summed E-state index contributed by atoms with van der Waals surface area (Å²) in [7, 11) is 0. The van der Waals surface area contributed by atoms with Crippen molar-refractivity contribution in [2.24, 2.45) is 0 Å². The van der Waals surface area contributed by atoms with Crippen LogP contribution in [0.15, 0.2) is 40.9 Å². The molecule has 0 radical (unpaired) electrons. The van der Waals surface area contributed by atoms with Gasteiger partial charge in [-0.2, -0.15) is 0 Å². The van der Waals surface area contributed by atoms with Gasteiger partial charge in [0.1, 0.15) is 23.1 Å². The Morgan fingerprint density at radius 3 is 2.19 bits per heavy atom. The highest BCUT2D eigenvalue weighted by molar-refractivity contribution is 9.10. The van der Waals surface area contributed by atoms with E-state index in [2.05, 4.69) is 26.6 Å². The molecule has 0 aromatic heterocycles. The zero-order valence-electron chi connectivity index (χ0n) is 10.6. The van der Waals surface area contributed by atoms with Crippen molar-refractivity contribution >= 4 is 33.2 Å². The number of halogens is 4. The molecule has 0 aliphatic rings. The summed E-state index contributed by atoms with van der Waals surface area (Å²) in [5.74, 6) is -2.55. The smallest absolute Gasteiger partial charge is 0.243 e. The maximum absolute atomic E-state index is 13.5. The number of hydrogen-bond donors (Lipinski definition) is 2. The number of carbonyl (C=O) groups excluding carboxylic acids is 1. The van der Waals surface area contributed by atoms with Crippen molar-refractivity contribution in [1.29, 1.82) is 0 Å². The Morgan fingerprint density at radius 2 is 1.62 bits per heavy atom. The van der Waals surface area contributed by atoms with E-state index in [1.165, 1.54) is 24.3 Å². The molecule has 1 amide bonds. The first-order valence-electron chi connectivity index (χ1n) is 5.89. The first-order valence-corrected chi connectivity index (χ1v) is 6.69. The van der Waals surface area contributed by atoms with Crippen molar-refractivity contribution in [3.63, 3.8) is 0 Å². The standard InChI is InChI=1S/C14H10BrF3N2O/c15-8-5-11(17)14(12(18)6-8)19-7-13(21)20-10-3-1-9(16)2-4-10/h1-6,19H,7H2,(H,20,21). The first-order chi connectivity index (χ1) is 9.95. The highest BCUT2D eigenvalue weighted by Gasteiger charge is 2.11. The predicted molar refractivity (Wildman–Crippen MR) is 77.6 cm³/mol. The van der Waals surface area contributed by atoms with Gasteiger partial charge in [-0.3, -0.25) is 4.79 Å². The van der Waals surface area contributed by atoms with E-state index in [1.807, 2.05) is 0 Å². The lowest BCUT2D eigenvalue weighted by Gasteiger charge is -2.10. The summed E-state index contributed by atoms with van der Waals surface area (Å²) in [4.78, 5) is 11.6. The topological polar surface area (TPSA) is 41.1 Å². The zero-order valence-corrected chi connectivity index (χ0v) is 12.2. The molecule has 2 N–H and O–H groups in total. The van der Waals surface area contributed by atoms with Crippen LogP contribution in [0.4, 0.5) is 24.5 Å². The molecule has 0 aliphatic heterocycles. The van der Waals surface area contributed by atoms with Gasteiger partial charge in [0, 0.05) is 10.2 Å². The summed E-state index contributed by atoms with van der Waals surface area (Å²) in [6.07, 6.45) is 0. The molecule has 0 aliphatic carbocycles. The second kappa shape index (κ2) is 6.62. The lowest BCUT2D eigenvalue weighted by Crippen LogP contribution is -2.22. The third-order valence-corrected chi connectivity index (χ3v) is 3.02. The average molecular weight is 359 g/mol. The molecule has 2 aromatic rings. The molecule has 0 atom stereocenters. The lowest BCUT2D eigenvalue weighted by molar-refractivity contribution is -0.114. The van der Waals surface area contributed by atoms with Gasteiger partial charge in [-0.05, 0) is 36.4 Å². The van der Waals surface area contributed by atoms with Crippen LogP contribution >= 0.6 is 15.9 Å². The Morgan fingerprint density at radius 1 is 1.05 bits per heavy atom. The zero-order chi connectivity index (χ0) is 15.4. The van der Waals surface area contributed by atoms with Gasteiger partial charge in [-0.25, -0.2) is 13.2 Å². The molecule has 3 nitrogen and oxygen atoms in total. The van der Waals surface area contributed by atoms with Gasteiger partial charge in [-0.1, -0.05) is 15.9 Å². The number of carbonyl (C=O) groups is 1. The molecule has 0 bridgehead atoms. The van der Waals surface area contributed by atoms with Gasteiger partial charge >= 0.3 is 0 Å². The summed E-state index contributed by atoms with van der Waals surface area (Å²) < 4.78 is 40.0. The molecule has 0 unspecified atom stereocenters. The summed E-state index contributed by atoms with van der Waals surface area (Å²) in [6, 6.07) is 7.32. The van der Waals surface area contributed by atoms with Crippen molar-refractivity contribution in [1.82, 2.24) is 0 Å². The summed E-state index contributed by atoms with van der Waals surface area (Å²) in [6.45, 7) is -0.327. The minimum absolute atomic E-state index is 0.263. The van der Waals surface area contributed by atoms with Crippen LogP contribution in [-0.4, -0.2) is 12.5 Å². The van der Waals surface area contributed by atoms with E-state index in [4.69, 9.17) is 0 Å². The largest absolute Gasteiger partial charge is 0.371 e. The Kier molecular flexibility index (Phi) is 4.85. The average Bonchev–Trinajstić information content (AvgIpc) is 2.40. The SMILES string of the molecule is O=C(CNc1c(F)cc(Br)cc1F)Nc1ccc(F)cc1. The van der Waals surface area contributed by atoms with E-state index in [0.29, 0.717) is 5.69 Å². The number of amides is 1. The number of nitrogens with one attached hydrogen (secondary N) is 2. The third kappa shape index (κ3) is 4.22. The molecule has 0 saturated carbocycles. The number of anilines is 2. The number of hydrogen-bond acceptors (Lipinski definition) is 2. The molecular formula is C14H10BrF3N2O. The highest BCUT2D eigenvalue weighted by Crippen LogP contribution is 2.23. The van der Waals surface area contributed by atoms with Crippen LogP contribution in [0.25, 0.3) is 0 Å². The molecular weight excluding hydrogens is 349 g/mol. The summed E-state index contributed by atoms with van der Waals surface area (Å²) >= 11 is 2.96. The van der Waals surface area contributed by atoms with Crippen molar-refractivity contribution < 1.29 is 18.0 Å². The summed E-state index contributed by atoms with van der Waals surface area (Å²) in [5, 5.41) is 4.85. The maximum Gasteiger partial charge on any atom is 0.243 e. The monoisotopic (exact) mass is 358 g/mol. The number of benzene rings is 2. The van der Waals surface area contributed by atoms with Gasteiger partial charge in [0.05, 0.1) is 6.54 Å². The Balaban J connectivity index is 1.97. The van der Waals surface area contributed by atoms with E-state index in [1.54, 1.807) is 0 Å². The second-order valence-corrected chi connectivity index (χ2v) is 5.07. The third-order valence-electron chi connectivity index (χ3n) is 2.56. The van der Waals surface area contributed by atoms with E-state index in [0.717, 1.165) is 12.1 Å². The predicted octanol–water partition coefficient (Wildman–Crippen LogP) is 3.92. The van der Waals surface area contributed by atoms with Crippen LogP contribution in [0.2, 0.25) is 0 Å². The fourth-order valence-corrected chi connectivity index (χ4v) is 2.02. The minimum atomic E-state index is -0.809. The number of rotatable bonds is 4. The van der Waals surface area contributed by atoms with Crippen LogP contribution in [0.5, 0.6) is 0 Å². The summed E-state index contributed by atoms with van der Waals surface area (Å²) in [5.41, 5.74) is 0.00686. The van der Waals surface area contributed by atoms with E-state index in [9.17, 15) is 18.0 Å². The molecule has 0 saturated heterocycles. The molecule has 2 rings (SSSR count). The quantitative estimate of drug-likeness (QED) is 0.869. The van der Waals surface area contributed by atoms with Gasteiger partial charge in [0.2, 0.25) is 5.91 Å². The van der Waals surface area contributed by atoms with Gasteiger partial charge in [0.15, 0.2) is 0 Å². The Labute approximate surface area is 127 Å². The van der Waals surface area contributed by atoms with Crippen LogP contribution in [0.3, 0.4) is 0 Å². The van der Waals surface area contributed by atoms with Crippen molar-refractivity contribution in [2.45, 2.75) is 0 Å². The van der Waals surface area contributed by atoms with Gasteiger partial charge < -0.3 is 10.6 Å². The van der Waals surface area contributed by atoms with Crippen molar-refractivity contribution in [2.75, 3.05) is 17.2 Å². The fraction of sp³-hybridized carbons (Fsp3) is 0.0714. The van der Waals surface area contributed by atoms with E-state index < -0.39 is 23.4 Å². The van der Waals surface area contributed by atoms with E-state index >= 15 is 0 Å². The minimum Gasteiger partial charge on any atom is -0.371 e. The molecule has 0 fully saturated rings. The molecule has 21 heavy (non-hydrogen) atoms. The Bertz CT molecular complexity index is 639. The first kappa shape index (κ1) is 15.4. The fourth-order valence-electron chi connectivity index (χ4n) is 1.62. The Hall–Kier alpha value is -2.02. The van der Waals surface area contributed by atoms with Gasteiger partial charge in [-0.15, -0.1) is 0 Å². The van der Waals surface area contributed by atoms with Crippen LogP contribution < -0.4 is 10.6 Å². The highest BCUT2D eigenvalue weighted by atomic mass is 79.9. The van der Waals surface area contributed by atoms with Crippen LogP contribution in [0.1, 0.15) is 0 Å². The van der Waals surface area contributed by atoms with Crippen LogP contribution in [0, 0.1) is 17.5 Å². The van der Waals surface area contributed by atoms with Crippen molar-refractivity contribution in [3.8, 4) is 0 Å². The maximum atomic E-state index is 13.5. The van der Waals surface area contributed by atoms with Gasteiger partial charge in [0.25, 0.3) is 0 Å². The molecule has 0 spiro atoms. The van der Waals surface area contributed by atoms with E-state index in [-0.39, 0.29) is 16.7 Å². The molecule has 0 heterocycles. The van der Waals surface area contributed by atoms with Crippen molar-refractivity contribution in [3.05, 3.63) is 58.3 Å². The molecule has 7 heteroatoms.